The summed E-state index contributed by atoms with van der Waals surface area (Å²) in [6.07, 6.45) is 0. The Morgan fingerprint density at radius 1 is 1.22 bits per heavy atom. The third kappa shape index (κ3) is 3.32. The zero-order chi connectivity index (χ0) is 16.4. The van der Waals surface area contributed by atoms with Crippen molar-refractivity contribution in [2.75, 3.05) is 44.3 Å². The summed E-state index contributed by atoms with van der Waals surface area (Å²) in [6.45, 7) is 7.50. The van der Waals surface area contributed by atoms with E-state index in [9.17, 15) is 9.59 Å². The maximum absolute atomic E-state index is 12.5. The maximum Gasteiger partial charge on any atom is 0.247 e. The molecule has 124 valence electrons. The van der Waals surface area contributed by atoms with Gasteiger partial charge in [-0.3, -0.25) is 9.59 Å². The van der Waals surface area contributed by atoms with E-state index in [2.05, 4.69) is 42.3 Å². The summed E-state index contributed by atoms with van der Waals surface area (Å²) >= 11 is 0. The Kier molecular flexibility index (Phi) is 4.52. The molecule has 0 aromatic heterocycles. The van der Waals surface area contributed by atoms with Crippen molar-refractivity contribution >= 4 is 17.5 Å². The van der Waals surface area contributed by atoms with Crippen LogP contribution >= 0.6 is 0 Å². The van der Waals surface area contributed by atoms with Gasteiger partial charge < -0.3 is 19.9 Å². The number of nitrogens with one attached hydrogen (secondary N) is 1. The number of benzene rings is 1. The quantitative estimate of drug-likeness (QED) is 0.861. The largest absolute Gasteiger partial charge is 0.369 e. The van der Waals surface area contributed by atoms with Crippen LogP contribution in [-0.4, -0.2) is 62.1 Å². The van der Waals surface area contributed by atoms with Gasteiger partial charge in [-0.05, 0) is 31.0 Å². The molecule has 2 amide bonds. The molecule has 0 aliphatic carbocycles. The molecule has 1 N–H and O–H groups in total. The minimum Gasteiger partial charge on any atom is -0.369 e. The van der Waals surface area contributed by atoms with Gasteiger partial charge in [0.1, 0.15) is 12.6 Å². The number of carbonyl (C=O) groups is 2. The van der Waals surface area contributed by atoms with Crippen molar-refractivity contribution in [3.8, 4) is 0 Å². The highest BCUT2D eigenvalue weighted by Gasteiger charge is 2.31. The Balaban J connectivity index is 1.61. The summed E-state index contributed by atoms with van der Waals surface area (Å²) in [7, 11) is 0. The van der Waals surface area contributed by atoms with Crippen molar-refractivity contribution in [1.82, 2.24) is 10.2 Å². The van der Waals surface area contributed by atoms with Crippen LogP contribution in [0, 0.1) is 13.8 Å². The van der Waals surface area contributed by atoms with E-state index in [1.165, 1.54) is 16.8 Å². The van der Waals surface area contributed by atoms with Crippen LogP contribution in [0.15, 0.2) is 18.2 Å². The molecule has 0 spiro atoms. The minimum atomic E-state index is -0.538. The van der Waals surface area contributed by atoms with E-state index in [1.807, 2.05) is 4.90 Å². The Bertz CT molecular complexity index is 609. The van der Waals surface area contributed by atoms with E-state index < -0.39 is 6.04 Å². The first kappa shape index (κ1) is 15.8. The number of aryl methyl sites for hydroxylation is 1. The zero-order valence-corrected chi connectivity index (χ0v) is 13.7. The molecule has 6 heteroatoms. The number of carbonyl (C=O) groups excluding carboxylic acids is 2. The fourth-order valence-electron chi connectivity index (χ4n) is 3.15. The first-order chi connectivity index (χ1) is 11.1. The molecule has 1 unspecified atom stereocenters. The third-order valence-electron chi connectivity index (χ3n) is 4.66. The molecule has 6 nitrogen and oxygen atoms in total. The van der Waals surface area contributed by atoms with E-state index in [4.69, 9.17) is 4.74 Å². The third-order valence-corrected chi connectivity index (χ3v) is 4.66. The van der Waals surface area contributed by atoms with Crippen molar-refractivity contribution in [3.63, 3.8) is 0 Å². The van der Waals surface area contributed by atoms with E-state index in [0.29, 0.717) is 13.1 Å². The number of morpholine rings is 1. The maximum atomic E-state index is 12.5. The van der Waals surface area contributed by atoms with Crippen molar-refractivity contribution < 1.29 is 14.3 Å². The molecule has 1 atom stereocenters. The van der Waals surface area contributed by atoms with Gasteiger partial charge in [-0.25, -0.2) is 0 Å². The second-order valence-corrected chi connectivity index (χ2v) is 6.17. The molecule has 3 rings (SSSR count). The number of rotatable bonds is 2. The Morgan fingerprint density at radius 3 is 2.65 bits per heavy atom. The van der Waals surface area contributed by atoms with Gasteiger partial charge in [0, 0.05) is 31.9 Å². The molecule has 1 aromatic carbocycles. The van der Waals surface area contributed by atoms with Crippen LogP contribution in [0.2, 0.25) is 0 Å². The lowest BCUT2D eigenvalue weighted by atomic mass is 10.1. The van der Waals surface area contributed by atoms with Crippen molar-refractivity contribution in [1.29, 1.82) is 0 Å². The van der Waals surface area contributed by atoms with Gasteiger partial charge >= 0.3 is 0 Å². The summed E-state index contributed by atoms with van der Waals surface area (Å²) in [5.41, 5.74) is 3.81. The highest BCUT2D eigenvalue weighted by atomic mass is 16.5. The fraction of sp³-hybridized carbons (Fsp3) is 0.529. The predicted molar refractivity (Wildman–Crippen MR) is 87.5 cm³/mol. The highest BCUT2D eigenvalue weighted by Crippen LogP contribution is 2.24. The molecule has 23 heavy (non-hydrogen) atoms. The fourth-order valence-corrected chi connectivity index (χ4v) is 3.15. The van der Waals surface area contributed by atoms with Crippen molar-refractivity contribution in [3.05, 3.63) is 29.3 Å². The number of ether oxygens (including phenoxy) is 1. The summed E-state index contributed by atoms with van der Waals surface area (Å²) in [5.74, 6) is -0.262. The topological polar surface area (TPSA) is 61.9 Å². The normalized spacial score (nSPS) is 22.0. The molecular weight excluding hydrogens is 294 g/mol. The van der Waals surface area contributed by atoms with Crippen LogP contribution in [-0.2, 0) is 14.3 Å². The molecule has 2 heterocycles. The molecular formula is C17H23N3O3. The highest BCUT2D eigenvalue weighted by molar-refractivity contribution is 5.89. The lowest BCUT2D eigenvalue weighted by Gasteiger charge is -2.38. The Morgan fingerprint density at radius 2 is 1.96 bits per heavy atom. The molecule has 2 aliphatic rings. The van der Waals surface area contributed by atoms with E-state index in [0.717, 1.165) is 13.1 Å². The van der Waals surface area contributed by atoms with Gasteiger partial charge in [-0.15, -0.1) is 0 Å². The molecule has 0 radical (unpaired) electrons. The molecule has 0 bridgehead atoms. The van der Waals surface area contributed by atoms with Crippen molar-refractivity contribution in [2.45, 2.75) is 19.9 Å². The van der Waals surface area contributed by atoms with Crippen molar-refractivity contribution in [2.24, 2.45) is 0 Å². The SMILES string of the molecule is Cc1cccc(N2CCN(C(=O)C3COCC(=O)N3)CC2)c1C. The van der Waals surface area contributed by atoms with Crippen LogP contribution < -0.4 is 10.2 Å². The monoisotopic (exact) mass is 317 g/mol. The van der Waals surface area contributed by atoms with Gasteiger partial charge in [0.2, 0.25) is 11.8 Å². The van der Waals surface area contributed by atoms with Crippen LogP contribution in [0.4, 0.5) is 5.69 Å². The predicted octanol–water partition coefficient (Wildman–Crippen LogP) is 0.467. The number of anilines is 1. The first-order valence-electron chi connectivity index (χ1n) is 8.03. The lowest BCUT2D eigenvalue weighted by Crippen LogP contribution is -2.58. The van der Waals surface area contributed by atoms with Gasteiger partial charge in [-0.1, -0.05) is 12.1 Å². The van der Waals surface area contributed by atoms with E-state index in [1.54, 1.807) is 0 Å². The summed E-state index contributed by atoms with van der Waals surface area (Å²) in [4.78, 5) is 28.0. The average molecular weight is 317 g/mol. The first-order valence-corrected chi connectivity index (χ1v) is 8.03. The van der Waals surface area contributed by atoms with Crippen LogP contribution in [0.3, 0.4) is 0 Å². The summed E-state index contributed by atoms with van der Waals surface area (Å²) in [5, 5.41) is 2.70. The molecule has 2 saturated heterocycles. The van der Waals surface area contributed by atoms with Gasteiger partial charge in [0.25, 0.3) is 0 Å². The number of piperazine rings is 1. The Labute approximate surface area is 136 Å². The summed E-state index contributed by atoms with van der Waals surface area (Å²) in [6, 6.07) is 5.78. The second-order valence-electron chi connectivity index (χ2n) is 6.17. The summed E-state index contributed by atoms with van der Waals surface area (Å²) < 4.78 is 5.16. The standard InChI is InChI=1S/C17H23N3O3/c1-12-4-3-5-15(13(12)2)19-6-8-20(9-7-19)17(22)14-10-23-11-16(21)18-14/h3-5,14H,6-11H2,1-2H3,(H,18,21). The number of hydrogen-bond donors (Lipinski definition) is 1. The second kappa shape index (κ2) is 6.58. The minimum absolute atomic E-state index is 0.0429. The van der Waals surface area contributed by atoms with Crippen LogP contribution in [0.1, 0.15) is 11.1 Å². The average Bonchev–Trinajstić information content (AvgIpc) is 2.57. The molecule has 2 aliphatic heterocycles. The molecule has 0 saturated carbocycles. The molecule has 1 aromatic rings. The Hall–Kier alpha value is -2.08. The van der Waals surface area contributed by atoms with Gasteiger partial charge in [0.15, 0.2) is 0 Å². The lowest BCUT2D eigenvalue weighted by molar-refractivity contribution is -0.144. The number of amides is 2. The van der Waals surface area contributed by atoms with Crippen LogP contribution in [0.25, 0.3) is 0 Å². The smallest absolute Gasteiger partial charge is 0.247 e. The van der Waals surface area contributed by atoms with Gasteiger partial charge in [0.05, 0.1) is 6.61 Å². The van der Waals surface area contributed by atoms with Gasteiger partial charge in [-0.2, -0.15) is 0 Å². The van der Waals surface area contributed by atoms with E-state index in [-0.39, 0.29) is 25.0 Å². The number of hydrogen-bond acceptors (Lipinski definition) is 4. The molecule has 2 fully saturated rings. The number of nitrogens with zero attached hydrogens (tertiary/aromatic N) is 2. The zero-order valence-electron chi connectivity index (χ0n) is 13.7. The van der Waals surface area contributed by atoms with Crippen LogP contribution in [0.5, 0.6) is 0 Å². The van der Waals surface area contributed by atoms with E-state index >= 15 is 0 Å².